The van der Waals surface area contributed by atoms with Crippen LogP contribution in [0.15, 0.2) is 30.6 Å². The number of carbonyl (C=O) groups excluding carboxylic acids is 2. The summed E-state index contributed by atoms with van der Waals surface area (Å²) in [5.41, 5.74) is 2.98. The standard InChI is InChI=1S/C17H15F4N5O2.C2H6/c18-11-4-10(5-12(19)6-11)17(2-1-3-17)24-16-22-7-9(8-23-16)14(27)25-26-15(28)13(20)21;1-2/h4-8,13H,1-3H2,(H,25,27)(H,26,28)(H,22,23,24);1-2H3. The van der Waals surface area contributed by atoms with E-state index in [1.165, 1.54) is 12.1 Å². The molecule has 1 aliphatic carbocycles. The van der Waals surface area contributed by atoms with Crippen LogP contribution in [0.4, 0.5) is 23.5 Å². The number of carbonyl (C=O) groups is 2. The highest BCUT2D eigenvalue weighted by Crippen LogP contribution is 2.43. The van der Waals surface area contributed by atoms with Crippen LogP contribution < -0.4 is 16.2 Å². The zero-order valence-corrected chi connectivity index (χ0v) is 16.3. The first-order valence-electron chi connectivity index (χ1n) is 9.24. The van der Waals surface area contributed by atoms with Crippen molar-refractivity contribution < 1.29 is 27.2 Å². The number of hydrogen-bond donors (Lipinski definition) is 3. The highest BCUT2D eigenvalue weighted by Gasteiger charge is 2.40. The minimum atomic E-state index is -3.27. The minimum Gasteiger partial charge on any atom is -0.345 e. The van der Waals surface area contributed by atoms with E-state index in [9.17, 15) is 27.2 Å². The molecule has 0 aliphatic heterocycles. The lowest BCUT2D eigenvalue weighted by Crippen LogP contribution is -2.44. The van der Waals surface area contributed by atoms with Crippen molar-refractivity contribution in [3.05, 3.63) is 53.4 Å². The highest BCUT2D eigenvalue weighted by atomic mass is 19.3. The van der Waals surface area contributed by atoms with Gasteiger partial charge in [0, 0.05) is 18.5 Å². The zero-order valence-electron chi connectivity index (χ0n) is 16.3. The summed E-state index contributed by atoms with van der Waals surface area (Å²) in [5, 5.41) is 3.04. The Morgan fingerprint density at radius 2 is 1.57 bits per heavy atom. The Morgan fingerprint density at radius 1 is 1.00 bits per heavy atom. The van der Waals surface area contributed by atoms with Gasteiger partial charge in [-0.2, -0.15) is 8.78 Å². The van der Waals surface area contributed by atoms with Gasteiger partial charge in [0.15, 0.2) is 0 Å². The van der Waals surface area contributed by atoms with Gasteiger partial charge in [0.2, 0.25) is 5.95 Å². The average Bonchev–Trinajstić information content (AvgIpc) is 2.69. The first kappa shape index (κ1) is 23.0. The Hall–Kier alpha value is -3.24. The van der Waals surface area contributed by atoms with Crippen molar-refractivity contribution in [1.29, 1.82) is 0 Å². The number of aromatic nitrogens is 2. The van der Waals surface area contributed by atoms with Crippen molar-refractivity contribution in [2.75, 3.05) is 5.32 Å². The second-order valence-corrected chi connectivity index (χ2v) is 6.26. The monoisotopic (exact) mass is 427 g/mol. The second kappa shape index (κ2) is 9.99. The van der Waals surface area contributed by atoms with E-state index < -0.39 is 35.4 Å². The summed E-state index contributed by atoms with van der Waals surface area (Å²) in [6, 6.07) is 3.26. The van der Waals surface area contributed by atoms with Crippen LogP contribution >= 0.6 is 0 Å². The number of hydrazine groups is 1. The van der Waals surface area contributed by atoms with Crippen molar-refractivity contribution in [1.82, 2.24) is 20.8 Å². The van der Waals surface area contributed by atoms with Crippen molar-refractivity contribution in [2.24, 2.45) is 0 Å². The van der Waals surface area contributed by atoms with Crippen LogP contribution in [-0.4, -0.2) is 28.2 Å². The van der Waals surface area contributed by atoms with Crippen molar-refractivity contribution in [3.63, 3.8) is 0 Å². The quantitative estimate of drug-likeness (QED) is 0.503. The van der Waals surface area contributed by atoms with Gasteiger partial charge in [0.25, 0.3) is 5.91 Å². The predicted octanol–water partition coefficient (Wildman–Crippen LogP) is 3.30. The molecule has 7 nitrogen and oxygen atoms in total. The van der Waals surface area contributed by atoms with E-state index in [-0.39, 0.29) is 11.5 Å². The van der Waals surface area contributed by atoms with E-state index in [0.717, 1.165) is 24.9 Å². The second-order valence-electron chi connectivity index (χ2n) is 6.26. The minimum absolute atomic E-state index is 0.0837. The molecule has 1 aromatic carbocycles. The van der Waals surface area contributed by atoms with E-state index in [1.54, 1.807) is 10.9 Å². The molecule has 0 spiro atoms. The number of alkyl halides is 2. The van der Waals surface area contributed by atoms with Crippen molar-refractivity contribution >= 4 is 17.8 Å². The summed E-state index contributed by atoms with van der Waals surface area (Å²) >= 11 is 0. The molecule has 1 aromatic heterocycles. The summed E-state index contributed by atoms with van der Waals surface area (Å²) in [4.78, 5) is 30.5. The molecule has 162 valence electrons. The van der Waals surface area contributed by atoms with Crippen LogP contribution in [0.2, 0.25) is 0 Å². The summed E-state index contributed by atoms with van der Waals surface area (Å²) < 4.78 is 51.3. The number of rotatable bonds is 5. The number of nitrogens with one attached hydrogen (secondary N) is 3. The molecule has 0 atom stereocenters. The predicted molar refractivity (Wildman–Crippen MR) is 101 cm³/mol. The van der Waals surface area contributed by atoms with Gasteiger partial charge in [-0.1, -0.05) is 13.8 Å². The molecular weight excluding hydrogens is 406 g/mol. The van der Waals surface area contributed by atoms with Gasteiger partial charge >= 0.3 is 12.3 Å². The topological polar surface area (TPSA) is 96.0 Å². The summed E-state index contributed by atoms with van der Waals surface area (Å²) in [6.07, 6.45) is 1.04. The van der Waals surface area contributed by atoms with Gasteiger partial charge < -0.3 is 5.32 Å². The molecule has 11 heteroatoms. The Morgan fingerprint density at radius 3 is 2.03 bits per heavy atom. The van der Waals surface area contributed by atoms with E-state index in [0.29, 0.717) is 18.4 Å². The van der Waals surface area contributed by atoms with Gasteiger partial charge in [-0.25, -0.2) is 18.7 Å². The lowest BCUT2D eigenvalue weighted by molar-refractivity contribution is -0.132. The summed E-state index contributed by atoms with van der Waals surface area (Å²) in [5.74, 6) is -3.80. The Kier molecular flexibility index (Phi) is 7.67. The van der Waals surface area contributed by atoms with Crippen LogP contribution in [-0.2, 0) is 10.3 Å². The number of benzene rings is 1. The molecule has 3 rings (SSSR count). The normalized spacial score (nSPS) is 14.1. The van der Waals surface area contributed by atoms with E-state index in [2.05, 4.69) is 15.3 Å². The number of amides is 2. The van der Waals surface area contributed by atoms with Gasteiger partial charge in [-0.05, 0) is 37.0 Å². The average molecular weight is 427 g/mol. The molecule has 1 saturated carbocycles. The van der Waals surface area contributed by atoms with Gasteiger partial charge in [-0.3, -0.25) is 20.4 Å². The molecule has 3 N–H and O–H groups in total. The number of hydrogen-bond acceptors (Lipinski definition) is 5. The smallest absolute Gasteiger partial charge is 0.317 e. The molecule has 0 bridgehead atoms. The van der Waals surface area contributed by atoms with Crippen molar-refractivity contribution in [3.8, 4) is 0 Å². The molecule has 0 unspecified atom stereocenters. The van der Waals surface area contributed by atoms with Crippen LogP contribution in [0.3, 0.4) is 0 Å². The van der Waals surface area contributed by atoms with Gasteiger partial charge in [0.05, 0.1) is 11.1 Å². The SMILES string of the molecule is CC.O=C(NNC(=O)C(F)F)c1cnc(NC2(c3cc(F)cc(F)c3)CCC2)nc1. The fourth-order valence-corrected chi connectivity index (χ4v) is 2.82. The Labute approximate surface area is 170 Å². The molecular formula is C19H21F4N5O2. The Balaban J connectivity index is 0.00000155. The lowest BCUT2D eigenvalue weighted by Gasteiger charge is -2.43. The molecule has 2 amide bonds. The Bertz CT molecular complexity index is 869. The zero-order chi connectivity index (χ0) is 22.3. The molecule has 1 heterocycles. The van der Waals surface area contributed by atoms with Crippen LogP contribution in [0, 0.1) is 11.6 Å². The third-order valence-corrected chi connectivity index (χ3v) is 4.38. The molecule has 2 aromatic rings. The fourth-order valence-electron chi connectivity index (χ4n) is 2.82. The third kappa shape index (κ3) is 5.43. The van der Waals surface area contributed by atoms with Gasteiger partial charge in [0.1, 0.15) is 11.6 Å². The molecule has 0 radical (unpaired) electrons. The first-order chi connectivity index (χ1) is 14.3. The van der Waals surface area contributed by atoms with E-state index in [4.69, 9.17) is 0 Å². The van der Waals surface area contributed by atoms with E-state index >= 15 is 0 Å². The molecule has 30 heavy (non-hydrogen) atoms. The van der Waals surface area contributed by atoms with Crippen LogP contribution in [0.25, 0.3) is 0 Å². The maximum Gasteiger partial charge on any atom is 0.317 e. The van der Waals surface area contributed by atoms with Gasteiger partial charge in [-0.15, -0.1) is 0 Å². The molecule has 1 aliphatic rings. The maximum absolute atomic E-state index is 13.6. The molecule has 1 fully saturated rings. The summed E-state index contributed by atoms with van der Waals surface area (Å²) in [7, 11) is 0. The third-order valence-electron chi connectivity index (χ3n) is 4.38. The number of halogens is 4. The maximum atomic E-state index is 13.6. The van der Waals surface area contributed by atoms with E-state index in [1.807, 2.05) is 13.8 Å². The first-order valence-corrected chi connectivity index (χ1v) is 9.24. The molecule has 0 saturated heterocycles. The number of anilines is 1. The summed E-state index contributed by atoms with van der Waals surface area (Å²) in [6.45, 7) is 4.00. The fraction of sp³-hybridized carbons (Fsp3) is 0.368. The number of nitrogens with zero attached hydrogens (tertiary/aromatic N) is 2. The largest absolute Gasteiger partial charge is 0.345 e. The lowest BCUT2D eigenvalue weighted by atomic mass is 9.72. The highest BCUT2D eigenvalue weighted by molar-refractivity contribution is 5.95. The van der Waals surface area contributed by atoms with Crippen molar-refractivity contribution in [2.45, 2.75) is 45.1 Å². The van der Waals surface area contributed by atoms with Crippen LogP contribution in [0.5, 0.6) is 0 Å². The van der Waals surface area contributed by atoms with Crippen LogP contribution in [0.1, 0.15) is 49.0 Å².